The molecule has 4 heteroatoms. The lowest BCUT2D eigenvalue weighted by Gasteiger charge is -2.16. The summed E-state index contributed by atoms with van der Waals surface area (Å²) in [6.07, 6.45) is 8.06. The number of aromatic nitrogens is 3. The van der Waals surface area contributed by atoms with Crippen LogP contribution in [0.3, 0.4) is 0 Å². The molecule has 0 bridgehead atoms. The maximum atomic E-state index is 4.52. The first-order valence-corrected chi connectivity index (χ1v) is 7.32. The molecule has 0 amide bonds. The highest BCUT2D eigenvalue weighted by molar-refractivity contribution is 5.44. The van der Waals surface area contributed by atoms with Crippen LogP contribution >= 0.6 is 0 Å². The molecule has 0 fully saturated rings. The second-order valence-electron chi connectivity index (χ2n) is 5.22. The van der Waals surface area contributed by atoms with Gasteiger partial charge in [-0.25, -0.2) is 4.52 Å². The van der Waals surface area contributed by atoms with Crippen LogP contribution in [0.15, 0.2) is 18.3 Å². The molecular formula is C15H24N4. The third-order valence-corrected chi connectivity index (χ3v) is 3.36. The minimum absolute atomic E-state index is 0.489. The number of hydrogen-bond acceptors (Lipinski definition) is 3. The van der Waals surface area contributed by atoms with Gasteiger partial charge in [0.25, 0.3) is 0 Å². The molecule has 104 valence electrons. The summed E-state index contributed by atoms with van der Waals surface area (Å²) in [7, 11) is 0. The number of aryl methyl sites for hydroxylation is 1. The van der Waals surface area contributed by atoms with Crippen molar-refractivity contribution in [3.05, 3.63) is 23.9 Å². The van der Waals surface area contributed by atoms with Gasteiger partial charge in [-0.05, 0) is 31.4 Å². The summed E-state index contributed by atoms with van der Waals surface area (Å²) >= 11 is 0. The average molecular weight is 260 g/mol. The van der Waals surface area contributed by atoms with Crippen LogP contribution in [0.2, 0.25) is 0 Å². The van der Waals surface area contributed by atoms with E-state index in [9.17, 15) is 0 Å². The van der Waals surface area contributed by atoms with E-state index in [1.54, 1.807) is 0 Å². The molecule has 0 aliphatic carbocycles. The van der Waals surface area contributed by atoms with Gasteiger partial charge < -0.3 is 5.32 Å². The van der Waals surface area contributed by atoms with Gasteiger partial charge in [-0.2, -0.15) is 4.98 Å². The fourth-order valence-electron chi connectivity index (χ4n) is 2.32. The lowest BCUT2D eigenvalue weighted by Crippen LogP contribution is -2.20. The Morgan fingerprint density at radius 1 is 1.21 bits per heavy atom. The molecule has 2 rings (SSSR count). The quantitative estimate of drug-likeness (QED) is 0.823. The molecule has 0 saturated heterocycles. The van der Waals surface area contributed by atoms with Gasteiger partial charge in [0.05, 0.1) is 0 Å². The molecule has 0 saturated carbocycles. The summed E-state index contributed by atoms with van der Waals surface area (Å²) in [5.74, 6) is 0.750. The highest BCUT2D eigenvalue weighted by Crippen LogP contribution is 2.13. The zero-order valence-corrected chi connectivity index (χ0v) is 12.2. The van der Waals surface area contributed by atoms with Crippen LogP contribution in [0.25, 0.3) is 5.65 Å². The Hall–Kier alpha value is -1.58. The van der Waals surface area contributed by atoms with Crippen LogP contribution in [-0.4, -0.2) is 20.6 Å². The number of hydrogen-bond donors (Lipinski definition) is 1. The molecule has 1 atom stereocenters. The first kappa shape index (κ1) is 13.8. The van der Waals surface area contributed by atoms with Gasteiger partial charge >= 0.3 is 0 Å². The number of anilines is 1. The molecule has 4 nitrogen and oxygen atoms in total. The molecular weight excluding hydrogens is 236 g/mol. The van der Waals surface area contributed by atoms with Crippen molar-refractivity contribution < 1.29 is 0 Å². The van der Waals surface area contributed by atoms with Crippen LogP contribution in [0, 0.1) is 6.92 Å². The van der Waals surface area contributed by atoms with Crippen LogP contribution in [0.4, 0.5) is 5.95 Å². The topological polar surface area (TPSA) is 42.2 Å². The number of unbranched alkanes of at least 4 members (excludes halogenated alkanes) is 1. The third-order valence-electron chi connectivity index (χ3n) is 3.36. The summed E-state index contributed by atoms with van der Waals surface area (Å²) in [5.41, 5.74) is 2.10. The minimum atomic E-state index is 0.489. The molecule has 2 aromatic rings. The van der Waals surface area contributed by atoms with Gasteiger partial charge in [-0.15, -0.1) is 5.10 Å². The van der Waals surface area contributed by atoms with Gasteiger partial charge in [0.2, 0.25) is 5.95 Å². The smallest absolute Gasteiger partial charge is 0.243 e. The normalized spacial score (nSPS) is 12.8. The van der Waals surface area contributed by atoms with Crippen molar-refractivity contribution in [1.29, 1.82) is 0 Å². The summed E-state index contributed by atoms with van der Waals surface area (Å²) in [6, 6.07) is 4.56. The summed E-state index contributed by atoms with van der Waals surface area (Å²) in [5, 5.41) is 7.98. The molecule has 0 aliphatic heterocycles. The Morgan fingerprint density at radius 3 is 2.79 bits per heavy atom. The van der Waals surface area contributed by atoms with Crippen LogP contribution in [-0.2, 0) is 0 Å². The number of rotatable bonds is 7. The van der Waals surface area contributed by atoms with Gasteiger partial charge in [-0.3, -0.25) is 0 Å². The zero-order valence-electron chi connectivity index (χ0n) is 12.2. The average Bonchev–Trinajstić information content (AvgIpc) is 2.77. The Morgan fingerprint density at radius 2 is 2.05 bits per heavy atom. The van der Waals surface area contributed by atoms with Crippen molar-refractivity contribution in [2.24, 2.45) is 0 Å². The maximum absolute atomic E-state index is 4.52. The molecule has 0 aromatic carbocycles. The van der Waals surface area contributed by atoms with Crippen molar-refractivity contribution in [3.63, 3.8) is 0 Å². The van der Waals surface area contributed by atoms with Gasteiger partial charge in [-0.1, -0.05) is 39.2 Å². The molecule has 0 spiro atoms. The lowest BCUT2D eigenvalue weighted by molar-refractivity contribution is 0.561. The molecule has 1 unspecified atom stereocenters. The predicted molar refractivity (Wildman–Crippen MR) is 79.6 cm³/mol. The third kappa shape index (κ3) is 3.69. The van der Waals surface area contributed by atoms with Crippen molar-refractivity contribution in [1.82, 2.24) is 14.6 Å². The minimum Gasteiger partial charge on any atom is -0.350 e. The van der Waals surface area contributed by atoms with E-state index in [1.165, 1.54) is 37.7 Å². The molecule has 1 N–H and O–H groups in total. The fourth-order valence-corrected chi connectivity index (χ4v) is 2.32. The van der Waals surface area contributed by atoms with Crippen molar-refractivity contribution in [3.8, 4) is 0 Å². The van der Waals surface area contributed by atoms with E-state index in [-0.39, 0.29) is 0 Å². The monoisotopic (exact) mass is 260 g/mol. The van der Waals surface area contributed by atoms with Crippen molar-refractivity contribution in [2.75, 3.05) is 5.32 Å². The second-order valence-corrected chi connectivity index (χ2v) is 5.22. The van der Waals surface area contributed by atoms with E-state index >= 15 is 0 Å². The van der Waals surface area contributed by atoms with E-state index in [1.807, 2.05) is 16.8 Å². The molecule has 2 heterocycles. The summed E-state index contributed by atoms with van der Waals surface area (Å²) < 4.78 is 1.85. The number of nitrogens with one attached hydrogen (secondary N) is 1. The first-order chi connectivity index (χ1) is 9.22. The van der Waals surface area contributed by atoms with E-state index in [0.717, 1.165) is 11.6 Å². The molecule has 2 aromatic heterocycles. The predicted octanol–water partition coefficient (Wildman–Crippen LogP) is 3.81. The van der Waals surface area contributed by atoms with Crippen molar-refractivity contribution >= 4 is 11.6 Å². The number of fused-ring (bicyclic) bond motifs is 1. The highest BCUT2D eigenvalue weighted by Gasteiger charge is 2.10. The van der Waals surface area contributed by atoms with Crippen molar-refractivity contribution in [2.45, 2.75) is 58.9 Å². The molecule has 0 aliphatic rings. The van der Waals surface area contributed by atoms with E-state index in [2.05, 4.69) is 42.2 Å². The second kappa shape index (κ2) is 6.55. The summed E-state index contributed by atoms with van der Waals surface area (Å²) in [4.78, 5) is 4.52. The summed E-state index contributed by atoms with van der Waals surface area (Å²) in [6.45, 7) is 6.52. The van der Waals surface area contributed by atoms with Gasteiger partial charge in [0.1, 0.15) is 0 Å². The Kier molecular flexibility index (Phi) is 4.77. The first-order valence-electron chi connectivity index (χ1n) is 7.32. The number of nitrogens with zero attached hydrogens (tertiary/aromatic N) is 3. The van der Waals surface area contributed by atoms with Crippen LogP contribution < -0.4 is 5.32 Å². The van der Waals surface area contributed by atoms with E-state index in [4.69, 9.17) is 0 Å². The van der Waals surface area contributed by atoms with Gasteiger partial charge in [0, 0.05) is 12.2 Å². The van der Waals surface area contributed by atoms with Gasteiger partial charge in [0.15, 0.2) is 5.65 Å². The number of pyridine rings is 1. The molecule has 0 radical (unpaired) electrons. The zero-order chi connectivity index (χ0) is 13.7. The SMILES string of the molecule is CCCCC(CCC)Nc1nc2ccc(C)cn2n1. The van der Waals surface area contributed by atoms with Crippen LogP contribution in [0.5, 0.6) is 0 Å². The maximum Gasteiger partial charge on any atom is 0.243 e. The Labute approximate surface area is 115 Å². The largest absolute Gasteiger partial charge is 0.350 e. The Bertz CT molecular complexity index is 518. The standard InChI is InChI=1S/C15H24N4/c1-4-6-8-13(7-5-2)16-15-17-14-10-9-12(3)11-19(14)18-15/h9-11,13H,4-8H2,1-3H3,(H,16,18). The Balaban J connectivity index is 2.09. The highest BCUT2D eigenvalue weighted by atomic mass is 15.3. The lowest BCUT2D eigenvalue weighted by atomic mass is 10.1. The van der Waals surface area contributed by atoms with E-state index < -0.39 is 0 Å². The van der Waals surface area contributed by atoms with Crippen LogP contribution in [0.1, 0.15) is 51.5 Å². The van der Waals surface area contributed by atoms with E-state index in [0.29, 0.717) is 6.04 Å². The molecule has 19 heavy (non-hydrogen) atoms. The fraction of sp³-hybridized carbons (Fsp3) is 0.600.